The minimum absolute atomic E-state index is 0.0846. The SMILES string of the molecule is N#CC(C#N)C(Cc1ccccc1)c1ccccc1. The van der Waals surface area contributed by atoms with Crippen LogP contribution in [0.15, 0.2) is 60.7 Å². The monoisotopic (exact) mass is 246 g/mol. The van der Waals surface area contributed by atoms with E-state index in [1.165, 1.54) is 0 Å². The average Bonchev–Trinajstić information content (AvgIpc) is 2.49. The second-order valence-electron chi connectivity index (χ2n) is 4.44. The first-order chi connectivity index (χ1) is 9.35. The summed E-state index contributed by atoms with van der Waals surface area (Å²) in [7, 11) is 0. The van der Waals surface area contributed by atoms with E-state index in [2.05, 4.69) is 12.1 Å². The molecular weight excluding hydrogens is 232 g/mol. The van der Waals surface area contributed by atoms with Gasteiger partial charge in [-0.1, -0.05) is 60.7 Å². The quantitative estimate of drug-likeness (QED) is 0.826. The van der Waals surface area contributed by atoms with Crippen molar-refractivity contribution in [3.8, 4) is 12.1 Å². The van der Waals surface area contributed by atoms with Crippen molar-refractivity contribution in [3.63, 3.8) is 0 Å². The summed E-state index contributed by atoms with van der Waals surface area (Å²) in [6, 6.07) is 24.0. The first-order valence-electron chi connectivity index (χ1n) is 6.23. The number of hydrogen-bond acceptors (Lipinski definition) is 2. The molecule has 1 unspecified atom stereocenters. The van der Waals surface area contributed by atoms with Gasteiger partial charge >= 0.3 is 0 Å². The summed E-state index contributed by atoms with van der Waals surface area (Å²) >= 11 is 0. The highest BCUT2D eigenvalue weighted by Crippen LogP contribution is 2.28. The highest BCUT2D eigenvalue weighted by Gasteiger charge is 2.23. The van der Waals surface area contributed by atoms with E-state index in [4.69, 9.17) is 10.5 Å². The Morgan fingerprint density at radius 3 is 1.84 bits per heavy atom. The molecule has 0 heterocycles. The summed E-state index contributed by atoms with van der Waals surface area (Å²) in [6.45, 7) is 0. The summed E-state index contributed by atoms with van der Waals surface area (Å²) in [4.78, 5) is 0. The first kappa shape index (κ1) is 12.9. The molecule has 2 nitrogen and oxygen atoms in total. The number of rotatable bonds is 4. The lowest BCUT2D eigenvalue weighted by Gasteiger charge is -2.18. The summed E-state index contributed by atoms with van der Waals surface area (Å²) < 4.78 is 0. The minimum Gasteiger partial charge on any atom is -0.197 e. The summed E-state index contributed by atoms with van der Waals surface area (Å²) in [5, 5.41) is 18.3. The van der Waals surface area contributed by atoms with Gasteiger partial charge in [-0.2, -0.15) is 10.5 Å². The Labute approximate surface area is 113 Å². The van der Waals surface area contributed by atoms with E-state index in [1.54, 1.807) is 0 Å². The van der Waals surface area contributed by atoms with Gasteiger partial charge in [0.2, 0.25) is 0 Å². The normalized spacial score (nSPS) is 11.5. The van der Waals surface area contributed by atoms with Crippen LogP contribution in [0.25, 0.3) is 0 Å². The van der Waals surface area contributed by atoms with Crippen LogP contribution in [-0.4, -0.2) is 0 Å². The van der Waals surface area contributed by atoms with Crippen LogP contribution in [-0.2, 0) is 6.42 Å². The second-order valence-corrected chi connectivity index (χ2v) is 4.44. The third-order valence-electron chi connectivity index (χ3n) is 3.21. The molecule has 92 valence electrons. The van der Waals surface area contributed by atoms with Gasteiger partial charge in [-0.25, -0.2) is 0 Å². The molecule has 0 fully saturated rings. The Kier molecular flexibility index (Phi) is 4.32. The van der Waals surface area contributed by atoms with Crippen molar-refractivity contribution < 1.29 is 0 Å². The van der Waals surface area contributed by atoms with Gasteiger partial charge in [0.15, 0.2) is 0 Å². The molecule has 2 rings (SSSR count). The Balaban J connectivity index is 2.31. The van der Waals surface area contributed by atoms with Gasteiger partial charge in [-0.05, 0) is 17.5 Å². The smallest absolute Gasteiger partial charge is 0.140 e. The van der Waals surface area contributed by atoms with Crippen LogP contribution in [0.3, 0.4) is 0 Å². The lowest BCUT2D eigenvalue weighted by molar-refractivity contribution is 0.608. The average molecular weight is 246 g/mol. The Morgan fingerprint density at radius 2 is 1.32 bits per heavy atom. The van der Waals surface area contributed by atoms with E-state index in [9.17, 15) is 0 Å². The number of nitrogens with zero attached hydrogens (tertiary/aromatic N) is 2. The molecule has 0 N–H and O–H groups in total. The molecule has 0 aliphatic heterocycles. The predicted octanol–water partition coefficient (Wildman–Crippen LogP) is 3.68. The molecule has 0 amide bonds. The fraction of sp³-hybridized carbons (Fsp3) is 0.176. The molecule has 0 saturated heterocycles. The lowest BCUT2D eigenvalue weighted by atomic mass is 9.83. The molecule has 2 aromatic carbocycles. The van der Waals surface area contributed by atoms with Crippen molar-refractivity contribution in [2.75, 3.05) is 0 Å². The van der Waals surface area contributed by atoms with Gasteiger partial charge in [-0.15, -0.1) is 0 Å². The maximum Gasteiger partial charge on any atom is 0.140 e. The molecule has 0 radical (unpaired) electrons. The molecule has 0 aliphatic rings. The Bertz CT molecular complexity index is 577. The van der Waals surface area contributed by atoms with Gasteiger partial charge in [0.1, 0.15) is 5.92 Å². The Hall–Kier alpha value is -2.58. The number of benzene rings is 2. The molecule has 1 atom stereocenters. The van der Waals surface area contributed by atoms with Crippen LogP contribution in [0.2, 0.25) is 0 Å². The first-order valence-corrected chi connectivity index (χ1v) is 6.23. The summed E-state index contributed by atoms with van der Waals surface area (Å²) in [5.41, 5.74) is 2.19. The van der Waals surface area contributed by atoms with Crippen molar-refractivity contribution >= 4 is 0 Å². The van der Waals surface area contributed by atoms with E-state index in [0.29, 0.717) is 6.42 Å². The maximum absolute atomic E-state index is 9.16. The van der Waals surface area contributed by atoms with Crippen LogP contribution >= 0.6 is 0 Å². The van der Waals surface area contributed by atoms with E-state index >= 15 is 0 Å². The van der Waals surface area contributed by atoms with Crippen LogP contribution in [0, 0.1) is 28.6 Å². The highest BCUT2D eigenvalue weighted by molar-refractivity contribution is 5.28. The molecule has 19 heavy (non-hydrogen) atoms. The number of hydrogen-bond donors (Lipinski definition) is 0. The predicted molar refractivity (Wildman–Crippen MR) is 74.0 cm³/mol. The third-order valence-corrected chi connectivity index (χ3v) is 3.21. The molecule has 0 spiro atoms. The minimum atomic E-state index is -0.623. The summed E-state index contributed by atoms with van der Waals surface area (Å²) in [6.07, 6.45) is 0.705. The zero-order valence-electron chi connectivity index (χ0n) is 10.5. The highest BCUT2D eigenvalue weighted by atomic mass is 14.4. The van der Waals surface area contributed by atoms with E-state index < -0.39 is 5.92 Å². The lowest BCUT2D eigenvalue weighted by Crippen LogP contribution is -2.12. The van der Waals surface area contributed by atoms with Gasteiger partial charge in [0, 0.05) is 5.92 Å². The van der Waals surface area contributed by atoms with Crippen molar-refractivity contribution in [3.05, 3.63) is 71.8 Å². The fourth-order valence-electron chi connectivity index (χ4n) is 2.21. The number of nitriles is 2. The largest absolute Gasteiger partial charge is 0.197 e. The molecule has 2 aromatic rings. The molecule has 0 aromatic heterocycles. The third kappa shape index (κ3) is 3.21. The van der Waals surface area contributed by atoms with Crippen molar-refractivity contribution in [2.24, 2.45) is 5.92 Å². The van der Waals surface area contributed by atoms with Crippen molar-refractivity contribution in [2.45, 2.75) is 12.3 Å². The van der Waals surface area contributed by atoms with Crippen LogP contribution in [0.1, 0.15) is 17.0 Å². The zero-order valence-corrected chi connectivity index (χ0v) is 10.5. The molecule has 0 aliphatic carbocycles. The van der Waals surface area contributed by atoms with Crippen LogP contribution in [0.5, 0.6) is 0 Å². The topological polar surface area (TPSA) is 47.6 Å². The van der Waals surface area contributed by atoms with E-state index in [-0.39, 0.29) is 5.92 Å². The molecular formula is C17H14N2. The molecule has 0 saturated carbocycles. The zero-order chi connectivity index (χ0) is 13.5. The van der Waals surface area contributed by atoms with Gasteiger partial charge < -0.3 is 0 Å². The van der Waals surface area contributed by atoms with E-state index in [1.807, 2.05) is 60.7 Å². The van der Waals surface area contributed by atoms with Crippen LogP contribution in [0.4, 0.5) is 0 Å². The van der Waals surface area contributed by atoms with Gasteiger partial charge in [-0.3, -0.25) is 0 Å². The van der Waals surface area contributed by atoms with Crippen LogP contribution < -0.4 is 0 Å². The van der Waals surface area contributed by atoms with Crippen molar-refractivity contribution in [1.82, 2.24) is 0 Å². The van der Waals surface area contributed by atoms with Gasteiger partial charge in [0.25, 0.3) is 0 Å². The molecule has 0 bridgehead atoms. The second kappa shape index (κ2) is 6.38. The van der Waals surface area contributed by atoms with E-state index in [0.717, 1.165) is 11.1 Å². The van der Waals surface area contributed by atoms with Gasteiger partial charge in [0.05, 0.1) is 12.1 Å². The van der Waals surface area contributed by atoms with Crippen molar-refractivity contribution in [1.29, 1.82) is 10.5 Å². The summed E-state index contributed by atoms with van der Waals surface area (Å²) in [5.74, 6) is -0.707. The maximum atomic E-state index is 9.16. The Morgan fingerprint density at radius 1 is 0.789 bits per heavy atom. The fourth-order valence-corrected chi connectivity index (χ4v) is 2.21. The molecule has 2 heteroatoms. The standard InChI is InChI=1S/C17H14N2/c18-12-16(13-19)17(15-9-5-2-6-10-15)11-14-7-3-1-4-8-14/h1-10,16-17H,11H2.